The van der Waals surface area contributed by atoms with Gasteiger partial charge in [0.1, 0.15) is 10.7 Å². The maximum absolute atomic E-state index is 12.3. The Hall–Kier alpha value is -1.24. The van der Waals surface area contributed by atoms with E-state index in [1.54, 1.807) is 11.3 Å². The molecule has 0 spiro atoms. The molecule has 2 aromatic heterocycles. The zero-order valence-electron chi connectivity index (χ0n) is 12.8. The Labute approximate surface area is 128 Å². The molecule has 2 unspecified atom stereocenters. The number of thiophene rings is 1. The lowest BCUT2D eigenvalue weighted by Gasteiger charge is -2.17. The van der Waals surface area contributed by atoms with Crippen LogP contribution in [0.4, 0.5) is 0 Å². The first kappa shape index (κ1) is 14.7. The van der Waals surface area contributed by atoms with Crippen molar-refractivity contribution in [1.82, 2.24) is 14.9 Å². The van der Waals surface area contributed by atoms with Gasteiger partial charge >= 0.3 is 0 Å². The summed E-state index contributed by atoms with van der Waals surface area (Å²) in [5, 5.41) is 0.746. The molecule has 114 valence electrons. The van der Waals surface area contributed by atoms with Gasteiger partial charge in [-0.15, -0.1) is 11.3 Å². The molecule has 2 aromatic rings. The van der Waals surface area contributed by atoms with E-state index in [-0.39, 0.29) is 11.6 Å². The molecule has 3 heterocycles. The van der Waals surface area contributed by atoms with E-state index in [1.807, 2.05) is 13.8 Å². The van der Waals surface area contributed by atoms with Crippen LogP contribution in [0.15, 0.2) is 4.79 Å². The number of aromatic nitrogens is 2. The molecular weight excluding hydrogens is 284 g/mol. The number of H-pyrrole nitrogens is 1. The molecule has 2 atom stereocenters. The third-order valence-corrected chi connectivity index (χ3v) is 5.62. The molecule has 1 aliphatic heterocycles. The minimum absolute atomic E-state index is 0.0141. The van der Waals surface area contributed by atoms with Crippen LogP contribution >= 0.6 is 11.3 Å². The van der Waals surface area contributed by atoms with Crippen molar-refractivity contribution < 1.29 is 0 Å². The first-order chi connectivity index (χ1) is 9.95. The summed E-state index contributed by atoms with van der Waals surface area (Å²) in [6, 6.07) is 0.229. The van der Waals surface area contributed by atoms with E-state index in [1.165, 1.54) is 4.88 Å². The summed E-state index contributed by atoms with van der Waals surface area (Å²) in [6.45, 7) is 8.80. The Morgan fingerprint density at radius 1 is 1.52 bits per heavy atom. The number of hydrogen-bond acceptors (Lipinski definition) is 5. The third-order valence-electron chi connectivity index (χ3n) is 4.51. The van der Waals surface area contributed by atoms with E-state index in [9.17, 15) is 4.79 Å². The Morgan fingerprint density at radius 2 is 2.29 bits per heavy atom. The zero-order valence-corrected chi connectivity index (χ0v) is 13.6. The molecule has 5 nitrogen and oxygen atoms in total. The van der Waals surface area contributed by atoms with E-state index in [0.29, 0.717) is 12.5 Å². The number of fused-ring (bicyclic) bond motifs is 1. The second-order valence-corrected chi connectivity index (χ2v) is 7.32. The maximum Gasteiger partial charge on any atom is 0.259 e. The highest BCUT2D eigenvalue weighted by Crippen LogP contribution is 2.26. The molecule has 3 rings (SSSR count). The fourth-order valence-corrected chi connectivity index (χ4v) is 4.07. The van der Waals surface area contributed by atoms with Crippen molar-refractivity contribution in [2.24, 2.45) is 11.7 Å². The summed E-state index contributed by atoms with van der Waals surface area (Å²) in [5.41, 5.74) is 7.01. The molecule has 0 amide bonds. The Kier molecular flexibility index (Phi) is 3.86. The van der Waals surface area contributed by atoms with Crippen molar-refractivity contribution >= 4 is 21.6 Å². The van der Waals surface area contributed by atoms with E-state index in [4.69, 9.17) is 5.73 Å². The van der Waals surface area contributed by atoms with Crippen LogP contribution in [-0.4, -0.2) is 34.0 Å². The molecule has 1 saturated heterocycles. The molecular formula is C15H22N4OS. The van der Waals surface area contributed by atoms with E-state index < -0.39 is 0 Å². The summed E-state index contributed by atoms with van der Waals surface area (Å²) in [6.07, 6.45) is 1.13. The van der Waals surface area contributed by atoms with Gasteiger partial charge in [-0.3, -0.25) is 9.69 Å². The zero-order chi connectivity index (χ0) is 15.1. The predicted octanol–water partition coefficient (Wildman–Crippen LogP) is 1.77. The van der Waals surface area contributed by atoms with Crippen molar-refractivity contribution in [1.29, 1.82) is 0 Å². The molecule has 1 aliphatic rings. The van der Waals surface area contributed by atoms with Crippen molar-refractivity contribution in [2.75, 3.05) is 13.1 Å². The minimum atomic E-state index is -0.0141. The first-order valence-electron chi connectivity index (χ1n) is 7.42. The number of nitrogens with zero attached hydrogens (tertiary/aromatic N) is 2. The Bertz CT molecular complexity index is 718. The summed E-state index contributed by atoms with van der Waals surface area (Å²) in [7, 11) is 0. The van der Waals surface area contributed by atoms with Crippen LogP contribution in [0.2, 0.25) is 0 Å². The SMILES string of the molecule is Cc1sc2nc(CN3CCC(C(C)N)C3)[nH]c(=O)c2c1C. The number of nitrogens with one attached hydrogen (secondary N) is 1. The van der Waals surface area contributed by atoms with Gasteiger partial charge in [-0.25, -0.2) is 4.98 Å². The van der Waals surface area contributed by atoms with Crippen LogP contribution in [-0.2, 0) is 6.54 Å². The summed E-state index contributed by atoms with van der Waals surface area (Å²) >= 11 is 1.60. The van der Waals surface area contributed by atoms with E-state index in [0.717, 1.165) is 41.1 Å². The Morgan fingerprint density at radius 3 is 2.95 bits per heavy atom. The number of aryl methyl sites for hydroxylation is 2. The first-order valence-corrected chi connectivity index (χ1v) is 8.24. The van der Waals surface area contributed by atoms with Crippen molar-refractivity contribution in [3.8, 4) is 0 Å². The third kappa shape index (κ3) is 2.75. The standard InChI is InChI=1S/C15H22N4OS/c1-8-10(3)21-15-13(8)14(20)17-12(18-15)7-19-5-4-11(6-19)9(2)16/h9,11H,4-7,16H2,1-3H3,(H,17,18,20). The monoisotopic (exact) mass is 306 g/mol. The molecule has 21 heavy (non-hydrogen) atoms. The normalized spacial score (nSPS) is 21.2. The predicted molar refractivity (Wildman–Crippen MR) is 86.7 cm³/mol. The number of likely N-dealkylation sites (tertiary alicyclic amines) is 1. The van der Waals surface area contributed by atoms with Gasteiger partial charge in [0.15, 0.2) is 0 Å². The van der Waals surface area contributed by atoms with Gasteiger partial charge in [-0.2, -0.15) is 0 Å². The van der Waals surface area contributed by atoms with Gasteiger partial charge in [0, 0.05) is 17.5 Å². The summed E-state index contributed by atoms with van der Waals surface area (Å²) < 4.78 is 0. The van der Waals surface area contributed by atoms with Gasteiger partial charge in [0.25, 0.3) is 5.56 Å². The van der Waals surface area contributed by atoms with Crippen LogP contribution in [0.1, 0.15) is 29.6 Å². The summed E-state index contributed by atoms with van der Waals surface area (Å²) in [4.78, 5) is 24.2. The van der Waals surface area contributed by atoms with Crippen LogP contribution in [0, 0.1) is 19.8 Å². The van der Waals surface area contributed by atoms with Crippen molar-refractivity contribution in [3.05, 3.63) is 26.6 Å². The second kappa shape index (κ2) is 5.51. The fraction of sp³-hybridized carbons (Fsp3) is 0.600. The maximum atomic E-state index is 12.3. The highest BCUT2D eigenvalue weighted by Gasteiger charge is 2.25. The molecule has 6 heteroatoms. The largest absolute Gasteiger partial charge is 0.328 e. The van der Waals surface area contributed by atoms with Gasteiger partial charge in [0.05, 0.1) is 11.9 Å². The van der Waals surface area contributed by atoms with Crippen LogP contribution in [0.25, 0.3) is 10.2 Å². The quantitative estimate of drug-likeness (QED) is 0.906. The minimum Gasteiger partial charge on any atom is -0.328 e. The number of aromatic amines is 1. The number of hydrogen-bond donors (Lipinski definition) is 2. The van der Waals surface area contributed by atoms with Crippen LogP contribution in [0.3, 0.4) is 0 Å². The second-order valence-electron chi connectivity index (χ2n) is 6.12. The van der Waals surface area contributed by atoms with Crippen LogP contribution in [0.5, 0.6) is 0 Å². The molecule has 0 bridgehead atoms. The van der Waals surface area contributed by atoms with Gasteiger partial charge in [-0.05, 0) is 45.2 Å². The lowest BCUT2D eigenvalue weighted by molar-refractivity contribution is 0.301. The summed E-state index contributed by atoms with van der Waals surface area (Å²) in [5.74, 6) is 1.31. The van der Waals surface area contributed by atoms with E-state index in [2.05, 4.69) is 21.8 Å². The highest BCUT2D eigenvalue weighted by molar-refractivity contribution is 7.18. The lowest BCUT2D eigenvalue weighted by atomic mass is 10.0. The molecule has 3 N–H and O–H groups in total. The van der Waals surface area contributed by atoms with Crippen LogP contribution < -0.4 is 11.3 Å². The molecule has 1 fully saturated rings. The highest BCUT2D eigenvalue weighted by atomic mass is 32.1. The molecule has 0 saturated carbocycles. The average Bonchev–Trinajstić information content (AvgIpc) is 2.96. The molecule has 0 aliphatic carbocycles. The smallest absolute Gasteiger partial charge is 0.259 e. The topological polar surface area (TPSA) is 75.0 Å². The molecule has 0 radical (unpaired) electrons. The van der Waals surface area contributed by atoms with Gasteiger partial charge in [0.2, 0.25) is 0 Å². The fourth-order valence-electron chi connectivity index (χ4n) is 3.02. The average molecular weight is 306 g/mol. The molecule has 0 aromatic carbocycles. The van der Waals surface area contributed by atoms with Crippen molar-refractivity contribution in [2.45, 2.75) is 39.8 Å². The number of rotatable bonds is 3. The van der Waals surface area contributed by atoms with E-state index >= 15 is 0 Å². The van der Waals surface area contributed by atoms with Crippen molar-refractivity contribution in [3.63, 3.8) is 0 Å². The Balaban J connectivity index is 1.84. The van der Waals surface area contributed by atoms with Gasteiger partial charge < -0.3 is 10.7 Å². The van der Waals surface area contributed by atoms with Gasteiger partial charge in [-0.1, -0.05) is 0 Å². The number of nitrogens with two attached hydrogens (primary N) is 1. The lowest BCUT2D eigenvalue weighted by Crippen LogP contribution is -2.30.